The summed E-state index contributed by atoms with van der Waals surface area (Å²) in [6.07, 6.45) is 3.76. The number of anilines is 1. The second-order valence-corrected chi connectivity index (χ2v) is 15.1. The molecule has 0 bridgehead atoms. The van der Waals surface area contributed by atoms with Crippen LogP contribution in [0.5, 0.6) is 11.6 Å². The summed E-state index contributed by atoms with van der Waals surface area (Å²) in [5, 5.41) is 12.9. The molecule has 14 heteroatoms. The third kappa shape index (κ3) is 5.36. The SMILES string of the molecule is CCOc1ncccc1[C@]1(NC(=O)N2CC3(C2)CN(C2CCN(C)CC2)C3)C(=O)N(S(=O)(=O)c2ccc(OC)cc2)c2ccc(C#N)cc21. The highest BCUT2D eigenvalue weighted by atomic mass is 32.2. The van der Waals surface area contributed by atoms with Gasteiger partial charge in [-0.05, 0) is 94.5 Å². The molecule has 13 nitrogen and oxygen atoms in total. The number of methoxy groups -OCH3 is 1. The summed E-state index contributed by atoms with van der Waals surface area (Å²) in [7, 11) is -0.908. The second-order valence-electron chi connectivity index (χ2n) is 13.4. The van der Waals surface area contributed by atoms with Crippen LogP contribution in [0.15, 0.2) is 65.7 Å². The highest BCUT2D eigenvalue weighted by Gasteiger charge is 2.61. The molecule has 7 rings (SSSR count). The number of nitriles is 1. The van der Waals surface area contributed by atoms with E-state index < -0.39 is 27.5 Å². The fraction of sp³-hybridized carbons (Fsp3) is 0.429. The number of ether oxygens (including phenoxy) is 2. The number of sulfonamides is 1. The topological polar surface area (TPSA) is 148 Å². The molecule has 1 spiro atoms. The molecule has 0 radical (unpaired) electrons. The minimum Gasteiger partial charge on any atom is -0.497 e. The first-order valence-electron chi connectivity index (χ1n) is 16.4. The molecule has 256 valence electrons. The van der Waals surface area contributed by atoms with E-state index in [0.29, 0.717) is 29.2 Å². The Labute approximate surface area is 286 Å². The van der Waals surface area contributed by atoms with Gasteiger partial charge in [-0.3, -0.25) is 9.69 Å². The number of urea groups is 1. The fourth-order valence-electron chi connectivity index (χ4n) is 7.71. The highest BCUT2D eigenvalue weighted by molar-refractivity contribution is 7.93. The molecule has 4 aliphatic heterocycles. The van der Waals surface area contributed by atoms with E-state index in [1.807, 2.05) is 0 Å². The van der Waals surface area contributed by atoms with Crippen molar-refractivity contribution in [3.8, 4) is 17.7 Å². The number of carbonyl (C=O) groups is 2. The standard InChI is InChI=1S/C35H39N7O6S/c1-4-48-31-28(6-5-15-37-31)35(38-33(44)41-22-34(23-41)20-40(21-34)25-13-16-39(2)17-14-25)29-18-24(19-36)7-12-30(29)42(32(35)43)49(45,46)27-10-8-26(47-3)9-11-27/h5-12,15,18,25H,4,13-14,16-17,20-23H2,1-3H3,(H,38,44)/t35-/m1/s1. The van der Waals surface area contributed by atoms with Gasteiger partial charge in [0.25, 0.3) is 15.9 Å². The second kappa shape index (κ2) is 12.3. The summed E-state index contributed by atoms with van der Waals surface area (Å²) in [6, 6.07) is 15.3. The number of hydrogen-bond donors (Lipinski definition) is 1. The Bertz CT molecular complexity index is 1930. The van der Waals surface area contributed by atoms with Crippen LogP contribution in [0.2, 0.25) is 0 Å². The number of amides is 3. The maximum atomic E-state index is 15.0. The van der Waals surface area contributed by atoms with E-state index in [2.05, 4.69) is 33.2 Å². The molecule has 2 aromatic carbocycles. The first-order valence-corrected chi connectivity index (χ1v) is 17.9. The lowest BCUT2D eigenvalue weighted by Crippen LogP contribution is -2.76. The molecule has 4 aliphatic rings. The average molecular weight is 686 g/mol. The van der Waals surface area contributed by atoms with Gasteiger partial charge in [-0.25, -0.2) is 18.2 Å². The van der Waals surface area contributed by atoms with Crippen LogP contribution in [0.25, 0.3) is 0 Å². The van der Waals surface area contributed by atoms with Gasteiger partial charge in [-0.15, -0.1) is 0 Å². The molecule has 0 saturated carbocycles. The molecule has 3 aromatic rings. The lowest BCUT2D eigenvalue weighted by atomic mass is 9.71. The average Bonchev–Trinajstić information content (AvgIpc) is 3.32. The van der Waals surface area contributed by atoms with E-state index in [-0.39, 0.29) is 45.2 Å². The maximum Gasteiger partial charge on any atom is 0.318 e. The molecular weight excluding hydrogens is 646 g/mol. The van der Waals surface area contributed by atoms with Crippen LogP contribution in [0.1, 0.15) is 36.5 Å². The van der Waals surface area contributed by atoms with Gasteiger partial charge in [0.05, 0.1) is 41.5 Å². The van der Waals surface area contributed by atoms with E-state index in [4.69, 9.17) is 9.47 Å². The number of aromatic nitrogens is 1. The van der Waals surface area contributed by atoms with Crippen molar-refractivity contribution in [3.63, 3.8) is 0 Å². The maximum absolute atomic E-state index is 15.0. The third-order valence-electron chi connectivity index (χ3n) is 10.2. The Kier molecular flexibility index (Phi) is 8.25. The molecule has 3 saturated heterocycles. The predicted octanol–water partition coefficient (Wildman–Crippen LogP) is 2.76. The Morgan fingerprint density at radius 2 is 1.78 bits per heavy atom. The molecule has 3 amide bonds. The number of nitrogens with one attached hydrogen (secondary N) is 1. The van der Waals surface area contributed by atoms with Crippen molar-refractivity contribution in [3.05, 3.63) is 77.5 Å². The Hall–Kier alpha value is -4.71. The molecule has 1 N–H and O–H groups in total. The molecule has 1 atom stereocenters. The van der Waals surface area contributed by atoms with E-state index in [1.165, 1.54) is 55.8 Å². The lowest BCUT2D eigenvalue weighted by Gasteiger charge is -2.62. The van der Waals surface area contributed by atoms with E-state index in [9.17, 15) is 23.3 Å². The largest absolute Gasteiger partial charge is 0.497 e. The lowest BCUT2D eigenvalue weighted by molar-refractivity contribution is -0.124. The van der Waals surface area contributed by atoms with Crippen molar-refractivity contribution >= 4 is 27.6 Å². The summed E-state index contributed by atoms with van der Waals surface area (Å²) < 4.78 is 40.4. The number of rotatable bonds is 8. The van der Waals surface area contributed by atoms with Crippen LogP contribution in [0, 0.1) is 16.7 Å². The van der Waals surface area contributed by atoms with Crippen molar-refractivity contribution < 1.29 is 27.5 Å². The van der Waals surface area contributed by atoms with Crippen molar-refractivity contribution in [2.75, 3.05) is 64.3 Å². The smallest absolute Gasteiger partial charge is 0.318 e. The molecule has 0 aliphatic carbocycles. The van der Waals surface area contributed by atoms with Gasteiger partial charge in [0.1, 0.15) is 5.75 Å². The van der Waals surface area contributed by atoms with Gasteiger partial charge in [-0.2, -0.15) is 9.57 Å². The Balaban J connectivity index is 1.25. The first kappa shape index (κ1) is 32.8. The van der Waals surface area contributed by atoms with Gasteiger partial charge >= 0.3 is 6.03 Å². The summed E-state index contributed by atoms with van der Waals surface area (Å²) >= 11 is 0. The van der Waals surface area contributed by atoms with Crippen molar-refractivity contribution in [2.45, 2.75) is 36.2 Å². The molecular formula is C35H39N7O6S. The number of fused-ring (bicyclic) bond motifs is 1. The molecule has 1 aromatic heterocycles. The number of benzene rings is 2. The Morgan fingerprint density at radius 1 is 1.06 bits per heavy atom. The van der Waals surface area contributed by atoms with Gasteiger partial charge in [0.2, 0.25) is 5.88 Å². The first-order chi connectivity index (χ1) is 23.5. The molecule has 3 fully saturated rings. The third-order valence-corrected chi connectivity index (χ3v) is 11.9. The number of carbonyl (C=O) groups excluding carboxylic acids is 2. The minimum absolute atomic E-state index is 0.00600. The van der Waals surface area contributed by atoms with Crippen LogP contribution < -0.4 is 19.1 Å². The van der Waals surface area contributed by atoms with E-state index in [1.54, 1.807) is 24.0 Å². The van der Waals surface area contributed by atoms with Crippen LogP contribution in [0.4, 0.5) is 10.5 Å². The predicted molar refractivity (Wildman–Crippen MR) is 180 cm³/mol. The zero-order valence-corrected chi connectivity index (χ0v) is 28.6. The van der Waals surface area contributed by atoms with Crippen molar-refractivity contribution in [2.24, 2.45) is 5.41 Å². The summed E-state index contributed by atoms with van der Waals surface area (Å²) in [5.41, 5.74) is -1.61. The molecule has 5 heterocycles. The monoisotopic (exact) mass is 685 g/mol. The summed E-state index contributed by atoms with van der Waals surface area (Å²) in [4.78, 5) is 39.9. The van der Waals surface area contributed by atoms with Crippen LogP contribution in [0.3, 0.4) is 0 Å². The van der Waals surface area contributed by atoms with Gasteiger partial charge < -0.3 is 24.6 Å². The number of nitrogens with zero attached hydrogens (tertiary/aromatic N) is 6. The molecule has 49 heavy (non-hydrogen) atoms. The quantitative estimate of drug-likeness (QED) is 0.375. The summed E-state index contributed by atoms with van der Waals surface area (Å²) in [6.45, 7) is 6.96. The Morgan fingerprint density at radius 3 is 2.43 bits per heavy atom. The number of hydrogen-bond acceptors (Lipinski definition) is 10. The van der Waals surface area contributed by atoms with Crippen LogP contribution >= 0.6 is 0 Å². The minimum atomic E-state index is -4.52. The van der Waals surface area contributed by atoms with Gasteiger partial charge in [0.15, 0.2) is 5.54 Å². The van der Waals surface area contributed by atoms with E-state index in [0.717, 1.165) is 39.0 Å². The molecule has 0 unspecified atom stereocenters. The van der Waals surface area contributed by atoms with Gasteiger partial charge in [0, 0.05) is 49.4 Å². The summed E-state index contributed by atoms with van der Waals surface area (Å²) in [5.74, 6) is -0.441. The van der Waals surface area contributed by atoms with Gasteiger partial charge in [-0.1, -0.05) is 0 Å². The normalized spacial score (nSPS) is 22.2. The van der Waals surface area contributed by atoms with E-state index >= 15 is 0 Å². The van der Waals surface area contributed by atoms with Crippen molar-refractivity contribution in [1.29, 1.82) is 5.26 Å². The van der Waals surface area contributed by atoms with Crippen LogP contribution in [-0.4, -0.2) is 106 Å². The van der Waals surface area contributed by atoms with Crippen LogP contribution in [-0.2, 0) is 20.4 Å². The fourth-order valence-corrected chi connectivity index (χ4v) is 9.17. The zero-order chi connectivity index (χ0) is 34.6. The highest BCUT2D eigenvalue weighted by Crippen LogP contribution is 2.50. The number of piperidine rings is 1. The number of pyridine rings is 1. The number of likely N-dealkylation sites (tertiary alicyclic amines) is 3. The van der Waals surface area contributed by atoms with Crippen molar-refractivity contribution in [1.82, 2.24) is 25.0 Å². The zero-order valence-electron chi connectivity index (χ0n) is 27.8.